The van der Waals surface area contributed by atoms with Gasteiger partial charge in [0.1, 0.15) is 0 Å². The van der Waals surface area contributed by atoms with Gasteiger partial charge >= 0.3 is 11.9 Å². The number of hydrogen-bond acceptors (Lipinski definition) is 3. The van der Waals surface area contributed by atoms with Crippen LogP contribution in [0.2, 0.25) is 0 Å². The van der Waals surface area contributed by atoms with Crippen LogP contribution in [0, 0.1) is 0 Å². The summed E-state index contributed by atoms with van der Waals surface area (Å²) < 4.78 is 4.53. The topological polar surface area (TPSA) is 43.4 Å². The van der Waals surface area contributed by atoms with Crippen LogP contribution < -0.4 is 0 Å². The van der Waals surface area contributed by atoms with Gasteiger partial charge in [-0.2, -0.15) is 0 Å². The van der Waals surface area contributed by atoms with Gasteiger partial charge in [-0.05, 0) is 30.2 Å². The van der Waals surface area contributed by atoms with Gasteiger partial charge in [-0.15, -0.1) is 0 Å². The van der Waals surface area contributed by atoms with Crippen LogP contribution in [0.1, 0.15) is 38.8 Å². The maximum absolute atomic E-state index is 11.3. The maximum Gasteiger partial charge on any atom is 0.346 e. The monoisotopic (exact) mass is 214 g/mol. The second kappa shape index (κ2) is 3.77. The second-order valence-electron chi connectivity index (χ2n) is 3.41. The van der Waals surface area contributed by atoms with Crippen molar-refractivity contribution in [1.82, 2.24) is 0 Å². The lowest BCUT2D eigenvalue weighted by Gasteiger charge is -2.02. The van der Waals surface area contributed by atoms with Gasteiger partial charge in [-0.25, -0.2) is 9.59 Å². The minimum Gasteiger partial charge on any atom is -0.386 e. The zero-order valence-corrected chi connectivity index (χ0v) is 8.82. The highest BCUT2D eigenvalue weighted by molar-refractivity contribution is 6.15. The van der Waals surface area contributed by atoms with Crippen molar-refractivity contribution in [3.05, 3.63) is 47.0 Å². The molecule has 0 fully saturated rings. The number of hydrogen-bond donors (Lipinski definition) is 0. The molecule has 1 aromatic carbocycles. The van der Waals surface area contributed by atoms with Crippen LogP contribution in [0.5, 0.6) is 0 Å². The number of carbonyl (C=O) groups excluding carboxylic acids is 2. The number of benzene rings is 1. The van der Waals surface area contributed by atoms with Crippen molar-refractivity contribution in [1.29, 1.82) is 0 Å². The zero-order valence-electron chi connectivity index (χ0n) is 8.82. The van der Waals surface area contributed by atoms with Crippen molar-refractivity contribution in [3.63, 3.8) is 0 Å². The highest BCUT2D eigenvalue weighted by Gasteiger charge is 2.30. The van der Waals surface area contributed by atoms with E-state index in [1.54, 1.807) is 18.2 Å². The van der Waals surface area contributed by atoms with Crippen LogP contribution in [0.4, 0.5) is 0 Å². The summed E-state index contributed by atoms with van der Waals surface area (Å²) in [6.45, 7) is 5.55. The van der Waals surface area contributed by atoms with Crippen LogP contribution >= 0.6 is 0 Å². The predicted octanol–water partition coefficient (Wildman–Crippen LogP) is 2.67. The summed E-state index contributed by atoms with van der Waals surface area (Å²) in [5, 5.41) is 0. The minimum atomic E-state index is -0.588. The third-order valence-electron chi connectivity index (χ3n) is 2.41. The van der Waals surface area contributed by atoms with E-state index < -0.39 is 11.9 Å². The van der Waals surface area contributed by atoms with E-state index in [-0.39, 0.29) is 0 Å². The van der Waals surface area contributed by atoms with Crippen molar-refractivity contribution in [3.8, 4) is 0 Å². The summed E-state index contributed by atoms with van der Waals surface area (Å²) in [5.41, 5.74) is 2.29. The molecule has 0 atom stereocenters. The Kier molecular flexibility index (Phi) is 2.44. The van der Waals surface area contributed by atoms with E-state index in [0.29, 0.717) is 11.1 Å². The number of ether oxygens (including phenoxy) is 1. The largest absolute Gasteiger partial charge is 0.386 e. The number of rotatable bonds is 2. The van der Waals surface area contributed by atoms with Crippen LogP contribution in [-0.4, -0.2) is 11.9 Å². The summed E-state index contributed by atoms with van der Waals surface area (Å²) in [5.74, 6) is -1.17. The van der Waals surface area contributed by atoms with Gasteiger partial charge in [-0.1, -0.05) is 24.8 Å². The molecule has 1 aliphatic heterocycles. The fourth-order valence-electron chi connectivity index (χ4n) is 1.67. The summed E-state index contributed by atoms with van der Waals surface area (Å²) in [6, 6.07) is 3.28. The molecule has 0 spiro atoms. The van der Waals surface area contributed by atoms with Crippen LogP contribution in [0.3, 0.4) is 0 Å². The molecule has 0 amide bonds. The minimum absolute atomic E-state index is 0.313. The van der Waals surface area contributed by atoms with E-state index >= 15 is 0 Å². The predicted molar refractivity (Wildman–Crippen MR) is 61.0 cm³/mol. The fraction of sp³-hybridized carbons (Fsp3) is 0.0769. The van der Waals surface area contributed by atoms with Crippen molar-refractivity contribution in [2.24, 2.45) is 0 Å². The number of allylic oxidation sites excluding steroid dienone is 1. The molecular formula is C13H10O3. The molecule has 2 rings (SSSR count). The molecule has 1 heterocycles. The summed E-state index contributed by atoms with van der Waals surface area (Å²) in [4.78, 5) is 22.7. The Balaban J connectivity index is 2.68. The van der Waals surface area contributed by atoms with E-state index in [2.05, 4.69) is 11.3 Å². The molecule has 0 aromatic heterocycles. The van der Waals surface area contributed by atoms with Crippen molar-refractivity contribution in [2.75, 3.05) is 0 Å². The average molecular weight is 214 g/mol. The molecule has 1 aromatic rings. The molecule has 0 aliphatic carbocycles. The Morgan fingerprint density at radius 1 is 1.12 bits per heavy atom. The van der Waals surface area contributed by atoms with E-state index in [4.69, 9.17) is 0 Å². The van der Waals surface area contributed by atoms with Gasteiger partial charge in [0.25, 0.3) is 0 Å². The zero-order chi connectivity index (χ0) is 11.7. The molecule has 0 saturated heterocycles. The fourth-order valence-corrected chi connectivity index (χ4v) is 1.67. The molecule has 0 radical (unpaired) electrons. The van der Waals surface area contributed by atoms with Crippen molar-refractivity contribution in [2.45, 2.75) is 6.92 Å². The molecule has 3 heteroatoms. The average Bonchev–Trinajstić information content (AvgIpc) is 2.54. The first-order valence-electron chi connectivity index (χ1n) is 4.87. The Morgan fingerprint density at radius 2 is 1.69 bits per heavy atom. The lowest BCUT2D eigenvalue weighted by Crippen LogP contribution is -1.96. The SMILES string of the molecule is C=Cc1cc2c(cc1/C=C\C)C(=O)OC2=O. The van der Waals surface area contributed by atoms with Crippen molar-refractivity contribution >= 4 is 24.1 Å². The maximum atomic E-state index is 11.3. The van der Waals surface area contributed by atoms with Crippen molar-refractivity contribution < 1.29 is 14.3 Å². The molecule has 0 unspecified atom stereocenters. The van der Waals surface area contributed by atoms with E-state index in [1.165, 1.54) is 0 Å². The van der Waals surface area contributed by atoms with Gasteiger partial charge in [0, 0.05) is 0 Å². The van der Waals surface area contributed by atoms with Gasteiger partial charge in [-0.3, -0.25) is 0 Å². The van der Waals surface area contributed by atoms with Gasteiger partial charge < -0.3 is 4.74 Å². The number of fused-ring (bicyclic) bond motifs is 1. The molecule has 80 valence electrons. The molecule has 0 bridgehead atoms. The first kappa shape index (κ1) is 10.4. The van der Waals surface area contributed by atoms with Gasteiger partial charge in [0.15, 0.2) is 0 Å². The van der Waals surface area contributed by atoms with Crippen LogP contribution in [-0.2, 0) is 4.74 Å². The molecular weight excluding hydrogens is 204 g/mol. The third kappa shape index (κ3) is 1.46. The summed E-state index contributed by atoms with van der Waals surface area (Å²) in [6.07, 6.45) is 5.36. The standard InChI is InChI=1S/C13H10O3/c1-3-5-9-7-11-10(6-8(9)4-2)12(14)16-13(11)15/h3-7H,2H2,1H3/b5-3-. The van der Waals surface area contributed by atoms with E-state index in [1.807, 2.05) is 19.1 Å². The molecule has 3 nitrogen and oxygen atoms in total. The molecule has 16 heavy (non-hydrogen) atoms. The van der Waals surface area contributed by atoms with Crippen LogP contribution in [0.25, 0.3) is 12.2 Å². The Labute approximate surface area is 93.0 Å². The Hall–Kier alpha value is -2.16. The highest BCUT2D eigenvalue weighted by atomic mass is 16.6. The summed E-state index contributed by atoms with van der Waals surface area (Å²) >= 11 is 0. The first-order valence-corrected chi connectivity index (χ1v) is 4.87. The second-order valence-corrected chi connectivity index (χ2v) is 3.41. The smallest absolute Gasteiger partial charge is 0.346 e. The molecule has 0 N–H and O–H groups in total. The van der Waals surface area contributed by atoms with Crippen LogP contribution in [0.15, 0.2) is 24.8 Å². The lowest BCUT2D eigenvalue weighted by atomic mass is 9.99. The van der Waals surface area contributed by atoms with Gasteiger partial charge in [0.2, 0.25) is 0 Å². The Bertz CT molecular complexity index is 524. The normalized spacial score (nSPS) is 14.1. The highest BCUT2D eigenvalue weighted by Crippen LogP contribution is 2.25. The Morgan fingerprint density at radius 3 is 2.19 bits per heavy atom. The lowest BCUT2D eigenvalue weighted by molar-refractivity contribution is 0.0444. The number of esters is 2. The first-order chi connectivity index (χ1) is 7.67. The molecule has 0 saturated carbocycles. The molecule has 1 aliphatic rings. The quantitative estimate of drug-likeness (QED) is 0.561. The number of carbonyl (C=O) groups is 2. The van der Waals surface area contributed by atoms with E-state index in [0.717, 1.165) is 11.1 Å². The van der Waals surface area contributed by atoms with E-state index in [9.17, 15) is 9.59 Å². The third-order valence-corrected chi connectivity index (χ3v) is 2.41. The summed E-state index contributed by atoms with van der Waals surface area (Å²) in [7, 11) is 0. The van der Waals surface area contributed by atoms with Gasteiger partial charge in [0.05, 0.1) is 11.1 Å². The number of cyclic esters (lactones) is 2.